The van der Waals surface area contributed by atoms with Crippen molar-refractivity contribution in [3.05, 3.63) is 71.8 Å². The number of hydrogen-bond donors (Lipinski definition) is 1. The third-order valence-corrected chi connectivity index (χ3v) is 3.83. The molecule has 19 heavy (non-hydrogen) atoms. The highest BCUT2D eigenvalue weighted by Gasteiger charge is 2.33. The Labute approximate surface area is 113 Å². The van der Waals surface area contributed by atoms with Crippen molar-refractivity contribution in [2.24, 2.45) is 0 Å². The summed E-state index contributed by atoms with van der Waals surface area (Å²) >= 11 is 0. The fraction of sp³-hybridized carbons (Fsp3) is 0.235. The fourth-order valence-corrected chi connectivity index (χ4v) is 2.91. The van der Waals surface area contributed by atoms with Crippen LogP contribution in [0, 0.1) is 0 Å². The molecule has 1 aliphatic heterocycles. The van der Waals surface area contributed by atoms with Gasteiger partial charge in [-0.25, -0.2) is 0 Å². The zero-order chi connectivity index (χ0) is 13.1. The highest BCUT2D eigenvalue weighted by atomic mass is 16.1. The highest BCUT2D eigenvalue weighted by molar-refractivity contribution is 5.85. The summed E-state index contributed by atoms with van der Waals surface area (Å²) in [4.78, 5) is 12.3. The maximum atomic E-state index is 12.3. The van der Waals surface area contributed by atoms with Gasteiger partial charge in [-0.05, 0) is 17.5 Å². The summed E-state index contributed by atoms with van der Waals surface area (Å²) in [5.74, 6) is 0.348. The van der Waals surface area contributed by atoms with E-state index in [-0.39, 0.29) is 17.7 Å². The third kappa shape index (κ3) is 2.39. The van der Waals surface area contributed by atoms with Crippen LogP contribution in [0.1, 0.15) is 29.4 Å². The van der Waals surface area contributed by atoms with Gasteiger partial charge in [0.1, 0.15) is 0 Å². The summed E-state index contributed by atoms with van der Waals surface area (Å²) in [5.41, 5.74) is 2.36. The van der Waals surface area contributed by atoms with E-state index in [4.69, 9.17) is 0 Å². The molecule has 2 aromatic rings. The predicted octanol–water partition coefficient (Wildman–Crippen LogP) is 3.07. The van der Waals surface area contributed by atoms with Gasteiger partial charge in [-0.3, -0.25) is 4.79 Å². The zero-order valence-corrected chi connectivity index (χ0v) is 10.8. The van der Waals surface area contributed by atoms with E-state index in [1.54, 1.807) is 0 Å². The van der Waals surface area contributed by atoms with E-state index in [2.05, 4.69) is 17.4 Å². The SMILES string of the molecule is O=C1NCC[C@H](c2ccccc2)[C@@H]1c1ccccc1. The number of carbonyl (C=O) groups is 1. The largest absolute Gasteiger partial charge is 0.356 e. The van der Waals surface area contributed by atoms with Crippen LogP contribution in [0.5, 0.6) is 0 Å². The van der Waals surface area contributed by atoms with Crippen LogP contribution in [0.2, 0.25) is 0 Å². The number of carbonyl (C=O) groups excluding carboxylic acids is 1. The number of hydrogen-bond acceptors (Lipinski definition) is 1. The Morgan fingerprint density at radius 3 is 2.05 bits per heavy atom. The fourth-order valence-electron chi connectivity index (χ4n) is 2.91. The first kappa shape index (κ1) is 12.0. The van der Waals surface area contributed by atoms with Crippen molar-refractivity contribution in [1.82, 2.24) is 5.32 Å². The van der Waals surface area contributed by atoms with Crippen LogP contribution in [-0.2, 0) is 4.79 Å². The smallest absolute Gasteiger partial charge is 0.228 e. The van der Waals surface area contributed by atoms with E-state index in [1.165, 1.54) is 5.56 Å². The molecule has 0 spiro atoms. The van der Waals surface area contributed by atoms with Gasteiger partial charge in [0.25, 0.3) is 0 Å². The minimum atomic E-state index is -0.0719. The summed E-state index contributed by atoms with van der Waals surface area (Å²) in [6.07, 6.45) is 0.995. The average Bonchev–Trinajstić information content (AvgIpc) is 2.49. The van der Waals surface area contributed by atoms with E-state index >= 15 is 0 Å². The van der Waals surface area contributed by atoms with Crippen LogP contribution in [-0.4, -0.2) is 12.5 Å². The maximum absolute atomic E-state index is 12.3. The normalized spacial score (nSPS) is 22.8. The summed E-state index contributed by atoms with van der Waals surface area (Å²) in [7, 11) is 0. The second kappa shape index (κ2) is 5.27. The highest BCUT2D eigenvalue weighted by Crippen LogP contribution is 2.37. The van der Waals surface area contributed by atoms with E-state index < -0.39 is 0 Å². The molecule has 1 amide bonds. The quantitative estimate of drug-likeness (QED) is 0.873. The molecule has 96 valence electrons. The molecule has 0 unspecified atom stereocenters. The first-order chi connectivity index (χ1) is 9.36. The summed E-state index contributed by atoms with van der Waals surface area (Å²) in [6.45, 7) is 0.766. The second-order valence-electron chi connectivity index (χ2n) is 4.99. The Kier molecular flexibility index (Phi) is 3.32. The lowest BCUT2D eigenvalue weighted by atomic mass is 9.77. The van der Waals surface area contributed by atoms with Crippen LogP contribution in [0.4, 0.5) is 0 Å². The second-order valence-corrected chi connectivity index (χ2v) is 4.99. The molecule has 0 bridgehead atoms. The Balaban J connectivity index is 1.99. The molecule has 0 saturated carbocycles. The van der Waals surface area contributed by atoms with Crippen molar-refractivity contribution in [1.29, 1.82) is 0 Å². The molecule has 1 heterocycles. The molecule has 1 saturated heterocycles. The van der Waals surface area contributed by atoms with Crippen molar-refractivity contribution in [2.75, 3.05) is 6.54 Å². The molecule has 2 heteroatoms. The van der Waals surface area contributed by atoms with Gasteiger partial charge in [0.15, 0.2) is 0 Å². The van der Waals surface area contributed by atoms with E-state index in [9.17, 15) is 4.79 Å². The zero-order valence-electron chi connectivity index (χ0n) is 10.8. The third-order valence-electron chi connectivity index (χ3n) is 3.83. The molecule has 0 aliphatic carbocycles. The van der Waals surface area contributed by atoms with Crippen LogP contribution in [0.15, 0.2) is 60.7 Å². The van der Waals surface area contributed by atoms with Crippen molar-refractivity contribution in [3.63, 3.8) is 0 Å². The van der Waals surface area contributed by atoms with Crippen molar-refractivity contribution in [3.8, 4) is 0 Å². The van der Waals surface area contributed by atoms with Gasteiger partial charge in [-0.15, -0.1) is 0 Å². The van der Waals surface area contributed by atoms with E-state index in [0.29, 0.717) is 0 Å². The molecule has 2 nitrogen and oxygen atoms in total. The molecule has 0 radical (unpaired) electrons. The Morgan fingerprint density at radius 1 is 0.842 bits per heavy atom. The first-order valence-electron chi connectivity index (χ1n) is 6.74. The lowest BCUT2D eigenvalue weighted by Gasteiger charge is -2.31. The molecular formula is C17H17NO. The van der Waals surface area contributed by atoms with Gasteiger partial charge >= 0.3 is 0 Å². The minimum Gasteiger partial charge on any atom is -0.356 e. The Morgan fingerprint density at radius 2 is 1.42 bits per heavy atom. The molecule has 3 rings (SSSR count). The van der Waals surface area contributed by atoms with Gasteiger partial charge < -0.3 is 5.32 Å². The monoisotopic (exact) mass is 251 g/mol. The standard InChI is InChI=1S/C17H17NO/c19-17-16(14-9-5-2-6-10-14)15(11-12-18-17)13-7-3-1-4-8-13/h1-10,15-16H,11-12H2,(H,18,19)/t15-,16+/m1/s1. The minimum absolute atomic E-state index is 0.0719. The Bertz CT molecular complexity index is 550. The molecular weight excluding hydrogens is 234 g/mol. The molecule has 1 fully saturated rings. The van der Waals surface area contributed by atoms with Gasteiger partial charge in [-0.1, -0.05) is 60.7 Å². The summed E-state index contributed by atoms with van der Waals surface area (Å²) in [6, 6.07) is 20.4. The van der Waals surface area contributed by atoms with Gasteiger partial charge in [0.05, 0.1) is 5.92 Å². The topological polar surface area (TPSA) is 29.1 Å². The molecule has 1 N–H and O–H groups in total. The summed E-state index contributed by atoms with van der Waals surface area (Å²) in [5, 5.41) is 2.99. The van der Waals surface area contributed by atoms with Crippen LogP contribution >= 0.6 is 0 Å². The number of amides is 1. The maximum Gasteiger partial charge on any atom is 0.228 e. The van der Waals surface area contributed by atoms with Crippen molar-refractivity contribution < 1.29 is 4.79 Å². The number of nitrogens with one attached hydrogen (secondary N) is 1. The van der Waals surface area contributed by atoms with Gasteiger partial charge in [0, 0.05) is 12.5 Å². The summed E-state index contributed by atoms with van der Waals surface area (Å²) < 4.78 is 0. The molecule has 0 aromatic heterocycles. The first-order valence-corrected chi connectivity index (χ1v) is 6.74. The van der Waals surface area contributed by atoms with Gasteiger partial charge in [0.2, 0.25) is 5.91 Å². The molecule has 1 aliphatic rings. The van der Waals surface area contributed by atoms with Crippen LogP contribution < -0.4 is 5.32 Å². The lowest BCUT2D eigenvalue weighted by molar-refractivity contribution is -0.124. The average molecular weight is 251 g/mol. The van der Waals surface area contributed by atoms with Crippen LogP contribution in [0.25, 0.3) is 0 Å². The van der Waals surface area contributed by atoms with E-state index in [0.717, 1.165) is 18.5 Å². The number of piperidine rings is 1. The predicted molar refractivity (Wildman–Crippen MR) is 76.0 cm³/mol. The Hall–Kier alpha value is -2.09. The van der Waals surface area contributed by atoms with E-state index in [1.807, 2.05) is 48.5 Å². The molecule has 2 aromatic carbocycles. The molecule has 2 atom stereocenters. The number of rotatable bonds is 2. The van der Waals surface area contributed by atoms with Crippen molar-refractivity contribution in [2.45, 2.75) is 18.3 Å². The van der Waals surface area contributed by atoms with Gasteiger partial charge in [-0.2, -0.15) is 0 Å². The van der Waals surface area contributed by atoms with Crippen LogP contribution in [0.3, 0.4) is 0 Å². The lowest BCUT2D eigenvalue weighted by Crippen LogP contribution is -2.39. The van der Waals surface area contributed by atoms with Crippen molar-refractivity contribution >= 4 is 5.91 Å². The number of benzene rings is 2.